The molecule has 1 N–H and O–H groups in total. The summed E-state index contributed by atoms with van der Waals surface area (Å²) in [5.41, 5.74) is 4.03. The van der Waals surface area contributed by atoms with Crippen molar-refractivity contribution in [1.29, 1.82) is 0 Å². The van der Waals surface area contributed by atoms with E-state index in [9.17, 15) is 0 Å². The SMILES string of the molecule is S=C1N[C@H](c2ccccn2)[C@@H](c2cccn2-c2ccc(Br)cc2)N1c1ccc2c(c1)OCO2. The summed E-state index contributed by atoms with van der Waals surface area (Å²) in [5.74, 6) is 1.46. The third-order valence-corrected chi connectivity index (χ3v) is 6.76. The summed E-state index contributed by atoms with van der Waals surface area (Å²) in [6.45, 7) is 0.230. The number of fused-ring (bicyclic) bond motifs is 1. The van der Waals surface area contributed by atoms with E-state index >= 15 is 0 Å². The summed E-state index contributed by atoms with van der Waals surface area (Å²) >= 11 is 9.39. The molecule has 0 bridgehead atoms. The van der Waals surface area contributed by atoms with Gasteiger partial charge in [-0.1, -0.05) is 22.0 Å². The van der Waals surface area contributed by atoms with Gasteiger partial charge in [-0.2, -0.15) is 0 Å². The smallest absolute Gasteiger partial charge is 0.231 e. The van der Waals surface area contributed by atoms with Crippen molar-refractivity contribution in [2.75, 3.05) is 11.7 Å². The highest BCUT2D eigenvalue weighted by Gasteiger charge is 2.42. The maximum Gasteiger partial charge on any atom is 0.231 e. The molecule has 2 atom stereocenters. The second-order valence-electron chi connectivity index (χ2n) is 7.81. The van der Waals surface area contributed by atoms with E-state index in [1.165, 1.54) is 0 Å². The van der Waals surface area contributed by atoms with Gasteiger partial charge in [-0.25, -0.2) is 0 Å². The quantitative estimate of drug-likeness (QED) is 0.358. The maximum atomic E-state index is 5.86. The van der Waals surface area contributed by atoms with Gasteiger partial charge in [-0.05, 0) is 72.9 Å². The Morgan fingerprint density at radius 3 is 2.58 bits per heavy atom. The molecule has 4 heterocycles. The van der Waals surface area contributed by atoms with E-state index in [-0.39, 0.29) is 18.9 Å². The summed E-state index contributed by atoms with van der Waals surface area (Å²) in [6, 6.07) is 24.1. The summed E-state index contributed by atoms with van der Waals surface area (Å²) in [6.07, 6.45) is 3.89. The molecule has 1 saturated heterocycles. The monoisotopic (exact) mass is 518 g/mol. The van der Waals surface area contributed by atoms with Crippen LogP contribution in [0.25, 0.3) is 5.69 Å². The first-order valence-corrected chi connectivity index (χ1v) is 11.7. The molecular formula is C25H19BrN4O2S. The van der Waals surface area contributed by atoms with Crippen LogP contribution in [0.4, 0.5) is 5.69 Å². The zero-order chi connectivity index (χ0) is 22.4. The topological polar surface area (TPSA) is 51.6 Å². The van der Waals surface area contributed by atoms with Gasteiger partial charge in [-0.3, -0.25) is 4.98 Å². The number of nitrogens with one attached hydrogen (secondary N) is 1. The fourth-order valence-electron chi connectivity index (χ4n) is 4.44. The number of benzene rings is 2. The molecule has 0 radical (unpaired) electrons. The average Bonchev–Trinajstić information content (AvgIpc) is 3.57. The molecule has 0 saturated carbocycles. The largest absolute Gasteiger partial charge is 0.454 e. The third kappa shape index (κ3) is 3.55. The van der Waals surface area contributed by atoms with Crippen molar-refractivity contribution in [3.8, 4) is 17.2 Å². The van der Waals surface area contributed by atoms with Gasteiger partial charge in [0.05, 0.1) is 11.7 Å². The molecule has 0 aliphatic carbocycles. The molecule has 6 nitrogen and oxygen atoms in total. The van der Waals surface area contributed by atoms with Gasteiger partial charge in [0.1, 0.15) is 6.04 Å². The Labute approximate surface area is 204 Å². The first-order chi connectivity index (χ1) is 16.2. The summed E-state index contributed by atoms with van der Waals surface area (Å²) in [5, 5.41) is 4.15. The predicted molar refractivity (Wildman–Crippen MR) is 134 cm³/mol. The third-order valence-electron chi connectivity index (χ3n) is 5.92. The highest BCUT2D eigenvalue weighted by molar-refractivity contribution is 9.10. The van der Waals surface area contributed by atoms with E-state index in [2.05, 4.69) is 66.2 Å². The zero-order valence-corrected chi connectivity index (χ0v) is 19.8. The van der Waals surface area contributed by atoms with Crippen LogP contribution in [-0.4, -0.2) is 21.5 Å². The Morgan fingerprint density at radius 1 is 0.939 bits per heavy atom. The lowest BCUT2D eigenvalue weighted by molar-refractivity contribution is 0.174. The van der Waals surface area contributed by atoms with E-state index in [1.807, 2.05) is 54.7 Å². The minimum absolute atomic E-state index is 0.131. The summed E-state index contributed by atoms with van der Waals surface area (Å²) in [7, 11) is 0. The minimum Gasteiger partial charge on any atom is -0.454 e. The van der Waals surface area contributed by atoms with Crippen LogP contribution in [0.5, 0.6) is 11.5 Å². The first kappa shape index (κ1) is 20.3. The highest BCUT2D eigenvalue weighted by atomic mass is 79.9. The number of thiocarbonyl (C=S) groups is 1. The predicted octanol–water partition coefficient (Wildman–Crippen LogP) is 5.54. The van der Waals surface area contributed by atoms with E-state index in [0.717, 1.165) is 38.7 Å². The van der Waals surface area contributed by atoms with Crippen LogP contribution in [0.2, 0.25) is 0 Å². The van der Waals surface area contributed by atoms with Gasteiger partial charge < -0.3 is 24.3 Å². The van der Waals surface area contributed by atoms with E-state index in [4.69, 9.17) is 21.7 Å². The molecule has 2 aromatic carbocycles. The first-order valence-electron chi connectivity index (χ1n) is 10.5. The number of anilines is 1. The van der Waals surface area contributed by atoms with Crippen molar-refractivity contribution in [2.24, 2.45) is 0 Å². The van der Waals surface area contributed by atoms with Crippen LogP contribution < -0.4 is 19.7 Å². The Hall–Kier alpha value is -3.36. The molecule has 164 valence electrons. The van der Waals surface area contributed by atoms with Crippen molar-refractivity contribution >= 4 is 38.9 Å². The van der Waals surface area contributed by atoms with Gasteiger partial charge >= 0.3 is 0 Å². The van der Waals surface area contributed by atoms with Crippen molar-refractivity contribution in [3.63, 3.8) is 0 Å². The number of hydrogen-bond donors (Lipinski definition) is 1. The standard InChI is InChI=1S/C25H19BrN4O2S/c26-16-6-8-17(9-7-16)29-13-3-5-20(29)24-23(19-4-1-2-12-27-19)28-25(33)30(24)18-10-11-21-22(14-18)32-15-31-21/h1-14,23-24H,15H2,(H,28,33)/t23-,24-/m1/s1. The second-order valence-corrected chi connectivity index (χ2v) is 9.12. The normalized spacial score (nSPS) is 19.1. The number of halogens is 1. The van der Waals surface area contributed by atoms with Crippen LogP contribution in [0.1, 0.15) is 23.5 Å². The molecule has 8 heteroatoms. The number of ether oxygens (including phenoxy) is 2. The number of aromatic nitrogens is 2. The lowest BCUT2D eigenvalue weighted by Crippen LogP contribution is -2.30. The lowest BCUT2D eigenvalue weighted by Gasteiger charge is -2.29. The Morgan fingerprint density at radius 2 is 1.76 bits per heavy atom. The van der Waals surface area contributed by atoms with E-state index in [0.29, 0.717) is 5.11 Å². The van der Waals surface area contributed by atoms with Crippen LogP contribution in [-0.2, 0) is 0 Å². The van der Waals surface area contributed by atoms with Crippen LogP contribution in [0.3, 0.4) is 0 Å². The Kier molecular flexibility index (Phi) is 5.04. The molecule has 33 heavy (non-hydrogen) atoms. The highest BCUT2D eigenvalue weighted by Crippen LogP contribution is 2.44. The molecule has 0 amide bonds. The van der Waals surface area contributed by atoms with Crippen LogP contribution in [0.15, 0.2) is 89.7 Å². The molecule has 0 spiro atoms. The molecule has 0 unspecified atom stereocenters. The van der Waals surface area contributed by atoms with E-state index < -0.39 is 0 Å². The van der Waals surface area contributed by atoms with Gasteiger partial charge in [0.25, 0.3) is 0 Å². The molecule has 1 fully saturated rings. The number of nitrogens with zero attached hydrogens (tertiary/aromatic N) is 3. The zero-order valence-electron chi connectivity index (χ0n) is 17.4. The number of pyridine rings is 1. The van der Waals surface area contributed by atoms with Gasteiger partial charge in [0, 0.05) is 40.0 Å². The molecular weight excluding hydrogens is 500 g/mol. The minimum atomic E-state index is -0.133. The molecule has 2 aliphatic rings. The fourth-order valence-corrected chi connectivity index (χ4v) is 5.05. The van der Waals surface area contributed by atoms with Crippen molar-refractivity contribution in [2.45, 2.75) is 12.1 Å². The van der Waals surface area contributed by atoms with Crippen molar-refractivity contribution < 1.29 is 9.47 Å². The van der Waals surface area contributed by atoms with Crippen molar-refractivity contribution in [3.05, 3.63) is 101 Å². The number of rotatable bonds is 4. The van der Waals surface area contributed by atoms with Crippen LogP contribution in [0, 0.1) is 0 Å². The molecule has 2 aromatic heterocycles. The Balaban J connectivity index is 1.50. The summed E-state index contributed by atoms with van der Waals surface area (Å²) < 4.78 is 14.4. The summed E-state index contributed by atoms with van der Waals surface area (Å²) in [4.78, 5) is 6.79. The van der Waals surface area contributed by atoms with Crippen molar-refractivity contribution in [1.82, 2.24) is 14.9 Å². The molecule has 2 aliphatic heterocycles. The van der Waals surface area contributed by atoms with E-state index in [1.54, 1.807) is 0 Å². The average molecular weight is 519 g/mol. The number of hydrogen-bond acceptors (Lipinski definition) is 4. The fraction of sp³-hybridized carbons (Fsp3) is 0.120. The lowest BCUT2D eigenvalue weighted by atomic mass is 10.0. The van der Waals surface area contributed by atoms with Crippen LogP contribution >= 0.6 is 28.1 Å². The second kappa shape index (κ2) is 8.20. The molecule has 4 aromatic rings. The maximum absolute atomic E-state index is 5.86. The van der Waals surface area contributed by atoms with Gasteiger partial charge in [0.2, 0.25) is 6.79 Å². The van der Waals surface area contributed by atoms with Gasteiger partial charge in [0.15, 0.2) is 16.6 Å². The Bertz CT molecular complexity index is 1330. The van der Waals surface area contributed by atoms with Gasteiger partial charge in [-0.15, -0.1) is 0 Å². The molecule has 6 rings (SSSR count).